The molecule has 0 aromatic heterocycles. The van der Waals surface area contributed by atoms with Crippen LogP contribution in [0.1, 0.15) is 13.3 Å². The van der Waals surface area contributed by atoms with Gasteiger partial charge in [-0.05, 0) is 20.0 Å². The first-order chi connectivity index (χ1) is 5.31. The summed E-state index contributed by atoms with van der Waals surface area (Å²) >= 11 is 4.05. The van der Waals surface area contributed by atoms with Crippen LogP contribution in [0.15, 0.2) is 0 Å². The number of rotatable bonds is 7. The van der Waals surface area contributed by atoms with Gasteiger partial charge in [-0.2, -0.15) is 12.6 Å². The van der Waals surface area contributed by atoms with Crippen LogP contribution >= 0.6 is 12.6 Å². The molecule has 0 saturated heterocycles. The molecule has 0 aliphatic carbocycles. The fourth-order valence-corrected chi connectivity index (χ4v) is 1.01. The molecule has 0 bridgehead atoms. The predicted octanol–water partition coefficient (Wildman–Crippen LogP) is 1.27. The molecule has 0 aliphatic heterocycles. The van der Waals surface area contributed by atoms with Gasteiger partial charge in [-0.15, -0.1) is 0 Å². The van der Waals surface area contributed by atoms with Crippen molar-refractivity contribution < 1.29 is 4.74 Å². The summed E-state index contributed by atoms with van der Waals surface area (Å²) in [6.07, 6.45) is 1.21. The number of thiol groups is 1. The molecule has 0 spiro atoms. The summed E-state index contributed by atoms with van der Waals surface area (Å²) in [7, 11) is 2.12. The van der Waals surface area contributed by atoms with Crippen molar-refractivity contribution in [3.05, 3.63) is 0 Å². The maximum atomic E-state index is 5.28. The molecule has 11 heavy (non-hydrogen) atoms. The van der Waals surface area contributed by atoms with E-state index >= 15 is 0 Å². The molecule has 0 amide bonds. The Kier molecular flexibility index (Phi) is 8.57. The zero-order chi connectivity index (χ0) is 8.53. The van der Waals surface area contributed by atoms with Crippen LogP contribution in [0.4, 0.5) is 0 Å². The summed E-state index contributed by atoms with van der Waals surface area (Å²) in [4.78, 5) is 2.28. The molecule has 0 unspecified atom stereocenters. The van der Waals surface area contributed by atoms with Crippen LogP contribution in [0.3, 0.4) is 0 Å². The van der Waals surface area contributed by atoms with E-state index in [0.29, 0.717) is 0 Å². The van der Waals surface area contributed by atoms with Gasteiger partial charge < -0.3 is 9.64 Å². The molecule has 2 nitrogen and oxygen atoms in total. The normalized spacial score (nSPS) is 10.9. The third kappa shape index (κ3) is 8.17. The summed E-state index contributed by atoms with van der Waals surface area (Å²) in [6.45, 7) is 5.97. The molecule has 0 aromatic carbocycles. The lowest BCUT2D eigenvalue weighted by Crippen LogP contribution is -2.24. The van der Waals surface area contributed by atoms with Gasteiger partial charge in [0.1, 0.15) is 0 Å². The quantitative estimate of drug-likeness (QED) is 0.464. The second-order valence-electron chi connectivity index (χ2n) is 2.64. The SMILES string of the molecule is CCCN(C)CCOCCS. The molecule has 0 aliphatic rings. The Bertz CT molecular complexity index is 80.5. The van der Waals surface area contributed by atoms with Gasteiger partial charge in [0.2, 0.25) is 0 Å². The lowest BCUT2D eigenvalue weighted by atomic mass is 10.4. The predicted molar refractivity (Wildman–Crippen MR) is 52.5 cm³/mol. The first kappa shape index (κ1) is 11.3. The van der Waals surface area contributed by atoms with Crippen molar-refractivity contribution in [3.63, 3.8) is 0 Å². The Labute approximate surface area is 75.3 Å². The van der Waals surface area contributed by atoms with Crippen molar-refractivity contribution in [1.29, 1.82) is 0 Å². The van der Waals surface area contributed by atoms with E-state index < -0.39 is 0 Å². The molecular weight excluding hydrogens is 158 g/mol. The van der Waals surface area contributed by atoms with E-state index in [1.807, 2.05) is 0 Å². The van der Waals surface area contributed by atoms with Crippen molar-refractivity contribution in [2.24, 2.45) is 0 Å². The standard InChI is InChI=1S/C8H19NOS/c1-3-4-9(2)5-6-10-7-8-11/h11H,3-8H2,1-2H3. The van der Waals surface area contributed by atoms with Gasteiger partial charge >= 0.3 is 0 Å². The number of hydrogen-bond donors (Lipinski definition) is 1. The lowest BCUT2D eigenvalue weighted by Gasteiger charge is -2.14. The van der Waals surface area contributed by atoms with Gasteiger partial charge in [0.25, 0.3) is 0 Å². The monoisotopic (exact) mass is 177 g/mol. The Balaban J connectivity index is 2.97. The Morgan fingerprint density at radius 3 is 2.55 bits per heavy atom. The average molecular weight is 177 g/mol. The number of likely N-dealkylation sites (N-methyl/N-ethyl adjacent to an activating group) is 1. The largest absolute Gasteiger partial charge is 0.379 e. The maximum absolute atomic E-state index is 5.28. The van der Waals surface area contributed by atoms with Crippen LogP contribution in [-0.2, 0) is 4.74 Å². The van der Waals surface area contributed by atoms with E-state index in [4.69, 9.17) is 4.74 Å². The molecule has 68 valence electrons. The highest BCUT2D eigenvalue weighted by Gasteiger charge is 1.94. The van der Waals surface area contributed by atoms with Crippen LogP contribution in [0.2, 0.25) is 0 Å². The first-order valence-electron chi connectivity index (χ1n) is 4.18. The van der Waals surface area contributed by atoms with E-state index in [1.54, 1.807) is 0 Å². The second-order valence-corrected chi connectivity index (χ2v) is 3.09. The molecule has 0 saturated carbocycles. The highest BCUT2D eigenvalue weighted by Crippen LogP contribution is 1.86. The van der Waals surface area contributed by atoms with Crippen LogP contribution in [0.25, 0.3) is 0 Å². The molecule has 0 fully saturated rings. The minimum absolute atomic E-state index is 0.767. The molecule has 0 rings (SSSR count). The van der Waals surface area contributed by atoms with E-state index in [9.17, 15) is 0 Å². The fourth-order valence-electron chi connectivity index (χ4n) is 0.881. The minimum atomic E-state index is 0.767. The van der Waals surface area contributed by atoms with Gasteiger partial charge in [0.15, 0.2) is 0 Å². The Morgan fingerprint density at radius 2 is 2.00 bits per heavy atom. The molecule has 3 heteroatoms. The van der Waals surface area contributed by atoms with Crippen LogP contribution in [-0.4, -0.2) is 44.0 Å². The minimum Gasteiger partial charge on any atom is -0.379 e. The maximum Gasteiger partial charge on any atom is 0.0593 e. The van der Waals surface area contributed by atoms with Crippen molar-refractivity contribution in [2.45, 2.75) is 13.3 Å². The van der Waals surface area contributed by atoms with Crippen molar-refractivity contribution in [1.82, 2.24) is 4.90 Å². The van der Waals surface area contributed by atoms with E-state index in [-0.39, 0.29) is 0 Å². The Hall–Kier alpha value is 0.270. The fraction of sp³-hybridized carbons (Fsp3) is 1.00. The summed E-state index contributed by atoms with van der Waals surface area (Å²) in [5.41, 5.74) is 0. The summed E-state index contributed by atoms with van der Waals surface area (Å²) in [5, 5.41) is 0. The van der Waals surface area contributed by atoms with Gasteiger partial charge in [-0.25, -0.2) is 0 Å². The Morgan fingerprint density at radius 1 is 1.27 bits per heavy atom. The molecule has 0 radical (unpaired) electrons. The van der Waals surface area contributed by atoms with Crippen LogP contribution in [0.5, 0.6) is 0 Å². The third-order valence-electron chi connectivity index (χ3n) is 1.46. The van der Waals surface area contributed by atoms with Crippen LogP contribution in [0, 0.1) is 0 Å². The summed E-state index contributed by atoms with van der Waals surface area (Å²) < 4.78 is 5.28. The van der Waals surface area contributed by atoms with Gasteiger partial charge in [-0.3, -0.25) is 0 Å². The summed E-state index contributed by atoms with van der Waals surface area (Å²) in [6, 6.07) is 0. The van der Waals surface area contributed by atoms with Gasteiger partial charge in [-0.1, -0.05) is 6.92 Å². The number of hydrogen-bond acceptors (Lipinski definition) is 3. The third-order valence-corrected chi connectivity index (χ3v) is 1.64. The van der Waals surface area contributed by atoms with Crippen molar-refractivity contribution in [3.8, 4) is 0 Å². The van der Waals surface area contributed by atoms with Crippen LogP contribution < -0.4 is 0 Å². The lowest BCUT2D eigenvalue weighted by molar-refractivity contribution is 0.124. The van der Waals surface area contributed by atoms with E-state index in [2.05, 4.69) is 31.5 Å². The van der Waals surface area contributed by atoms with Gasteiger partial charge in [0, 0.05) is 12.3 Å². The van der Waals surface area contributed by atoms with Crippen molar-refractivity contribution >= 4 is 12.6 Å². The highest BCUT2D eigenvalue weighted by atomic mass is 32.1. The average Bonchev–Trinajstić information content (AvgIpc) is 1.99. The topological polar surface area (TPSA) is 12.5 Å². The first-order valence-corrected chi connectivity index (χ1v) is 4.81. The molecule has 0 aromatic rings. The smallest absolute Gasteiger partial charge is 0.0593 e. The van der Waals surface area contributed by atoms with Gasteiger partial charge in [0.05, 0.1) is 13.2 Å². The number of nitrogens with zero attached hydrogens (tertiary/aromatic N) is 1. The van der Waals surface area contributed by atoms with E-state index in [0.717, 1.165) is 32.1 Å². The molecular formula is C8H19NOS. The second kappa shape index (κ2) is 8.37. The zero-order valence-corrected chi connectivity index (χ0v) is 8.44. The zero-order valence-electron chi connectivity index (χ0n) is 7.55. The number of ether oxygens (including phenoxy) is 1. The van der Waals surface area contributed by atoms with E-state index in [1.165, 1.54) is 6.42 Å². The highest BCUT2D eigenvalue weighted by molar-refractivity contribution is 7.80. The molecule has 0 heterocycles. The molecule has 0 N–H and O–H groups in total. The van der Waals surface area contributed by atoms with Crippen molar-refractivity contribution in [2.75, 3.05) is 39.1 Å². The summed E-state index contributed by atoms with van der Waals surface area (Å²) in [5.74, 6) is 0.817. The molecule has 0 atom stereocenters.